The van der Waals surface area contributed by atoms with Crippen LogP contribution in [0.25, 0.3) is 0 Å². The number of amides is 2. The molecule has 6 nitrogen and oxygen atoms in total. The molecule has 8 heteroatoms. The molecule has 0 spiro atoms. The highest BCUT2D eigenvalue weighted by molar-refractivity contribution is 7.11. The number of hydrogen-bond acceptors (Lipinski definition) is 5. The van der Waals surface area contributed by atoms with Crippen LogP contribution in [0.5, 0.6) is 11.5 Å². The molecule has 2 aromatic rings. The van der Waals surface area contributed by atoms with Crippen molar-refractivity contribution in [1.82, 2.24) is 9.80 Å². The van der Waals surface area contributed by atoms with Gasteiger partial charge in [-0.05, 0) is 69.9 Å². The first-order chi connectivity index (χ1) is 16.2. The quantitative estimate of drug-likeness (QED) is 0.384. The number of carbonyl (C=O) groups excluding carboxylic acids is 2. The van der Waals surface area contributed by atoms with Crippen molar-refractivity contribution in [1.29, 1.82) is 0 Å². The van der Waals surface area contributed by atoms with Gasteiger partial charge in [0.2, 0.25) is 11.8 Å². The van der Waals surface area contributed by atoms with Gasteiger partial charge in [-0.1, -0.05) is 6.07 Å². The summed E-state index contributed by atoms with van der Waals surface area (Å²) in [6.45, 7) is 6.88. The fraction of sp³-hybridized carbons (Fsp3) is 0.538. The minimum absolute atomic E-state index is 0.0443. The molecule has 0 saturated heterocycles. The van der Waals surface area contributed by atoms with Crippen LogP contribution in [-0.4, -0.2) is 60.8 Å². The summed E-state index contributed by atoms with van der Waals surface area (Å²) in [5, 5.41) is 0. The van der Waals surface area contributed by atoms with E-state index < -0.39 is 5.41 Å². The van der Waals surface area contributed by atoms with Crippen molar-refractivity contribution in [2.24, 2.45) is 5.41 Å². The van der Waals surface area contributed by atoms with Crippen molar-refractivity contribution in [3.63, 3.8) is 0 Å². The van der Waals surface area contributed by atoms with Gasteiger partial charge >= 0.3 is 0 Å². The van der Waals surface area contributed by atoms with E-state index in [1.165, 1.54) is 4.88 Å². The summed E-state index contributed by atoms with van der Waals surface area (Å²) in [5.74, 6) is 1.47. The minimum atomic E-state index is -0.695. The number of carbonyl (C=O) groups is 2. The second-order valence-electron chi connectivity index (χ2n) is 9.45. The van der Waals surface area contributed by atoms with E-state index in [0.29, 0.717) is 31.0 Å². The summed E-state index contributed by atoms with van der Waals surface area (Å²) in [6.07, 6.45) is 2.54. The Morgan fingerprint density at radius 1 is 1.12 bits per heavy atom. The first-order valence-corrected chi connectivity index (χ1v) is 12.9. The number of aryl methyl sites for hydroxylation is 1. The Morgan fingerprint density at radius 2 is 1.82 bits per heavy atom. The lowest BCUT2D eigenvalue weighted by molar-refractivity contribution is -0.146. The molecule has 34 heavy (non-hydrogen) atoms. The zero-order valence-electron chi connectivity index (χ0n) is 20.7. The maximum absolute atomic E-state index is 13.5. The zero-order chi connectivity index (χ0) is 24.9. The molecular formula is C26H35ClN2O4S. The summed E-state index contributed by atoms with van der Waals surface area (Å²) in [7, 11) is 3.22. The molecule has 1 aliphatic carbocycles. The molecule has 0 aliphatic heterocycles. The van der Waals surface area contributed by atoms with Crippen molar-refractivity contribution in [3.05, 3.63) is 45.6 Å². The average molecular weight is 507 g/mol. The van der Waals surface area contributed by atoms with Gasteiger partial charge in [-0.3, -0.25) is 9.59 Å². The van der Waals surface area contributed by atoms with Gasteiger partial charge < -0.3 is 19.3 Å². The van der Waals surface area contributed by atoms with Crippen molar-refractivity contribution in [3.8, 4) is 11.5 Å². The minimum Gasteiger partial charge on any atom is -0.493 e. The number of nitrogens with zero attached hydrogens (tertiary/aromatic N) is 2. The predicted octanol–water partition coefficient (Wildman–Crippen LogP) is 4.90. The molecule has 1 aromatic heterocycles. The highest BCUT2D eigenvalue weighted by Crippen LogP contribution is 2.32. The van der Waals surface area contributed by atoms with Gasteiger partial charge in [-0.25, -0.2) is 0 Å². The van der Waals surface area contributed by atoms with E-state index >= 15 is 0 Å². The van der Waals surface area contributed by atoms with Crippen LogP contribution in [0.1, 0.15) is 42.0 Å². The Kier molecular flexibility index (Phi) is 8.88. The standard InChI is InChI=1S/C26H35ClN2O4S/c1-18-6-10-21(34-18)15-28(13-12-19-7-11-22(32-4)23(14-19)33-5)24(30)16-29(20-8-9-20)25(31)26(2,3)17-27/h6-7,10-11,14,20H,8-9,12-13,15-17H2,1-5H3. The summed E-state index contributed by atoms with van der Waals surface area (Å²) in [4.78, 5) is 32.6. The van der Waals surface area contributed by atoms with E-state index in [-0.39, 0.29) is 30.3 Å². The van der Waals surface area contributed by atoms with Gasteiger partial charge in [0.05, 0.1) is 26.2 Å². The normalized spacial score (nSPS) is 13.5. The van der Waals surface area contributed by atoms with E-state index in [0.717, 1.165) is 23.3 Å². The molecule has 0 bridgehead atoms. The highest BCUT2D eigenvalue weighted by atomic mass is 35.5. The predicted molar refractivity (Wildman–Crippen MR) is 137 cm³/mol. The number of rotatable bonds is 12. The van der Waals surface area contributed by atoms with Crippen molar-refractivity contribution < 1.29 is 19.1 Å². The number of halogens is 1. The smallest absolute Gasteiger partial charge is 0.242 e. The molecule has 1 aliphatic rings. The molecule has 0 radical (unpaired) electrons. The fourth-order valence-electron chi connectivity index (χ4n) is 3.79. The second kappa shape index (κ2) is 11.5. The number of ether oxygens (including phenoxy) is 2. The second-order valence-corrected chi connectivity index (χ2v) is 11.1. The van der Waals surface area contributed by atoms with Crippen LogP contribution < -0.4 is 9.47 Å². The molecule has 1 fully saturated rings. The zero-order valence-corrected chi connectivity index (χ0v) is 22.3. The number of thiophene rings is 1. The molecule has 1 aromatic carbocycles. The van der Waals surface area contributed by atoms with Crippen molar-refractivity contribution >= 4 is 34.8 Å². The first kappa shape index (κ1) is 26.4. The number of hydrogen-bond donors (Lipinski definition) is 0. The monoisotopic (exact) mass is 506 g/mol. The van der Waals surface area contributed by atoms with Crippen LogP contribution in [0.15, 0.2) is 30.3 Å². The highest BCUT2D eigenvalue weighted by Gasteiger charge is 2.40. The molecular weight excluding hydrogens is 472 g/mol. The van der Waals surface area contributed by atoms with E-state index in [1.54, 1.807) is 30.5 Å². The van der Waals surface area contributed by atoms with E-state index in [1.807, 2.05) is 36.9 Å². The summed E-state index contributed by atoms with van der Waals surface area (Å²) in [6, 6.07) is 10.1. The van der Waals surface area contributed by atoms with Crippen LogP contribution in [-0.2, 0) is 22.6 Å². The summed E-state index contributed by atoms with van der Waals surface area (Å²) < 4.78 is 10.8. The molecule has 186 valence electrons. The topological polar surface area (TPSA) is 59.1 Å². The Morgan fingerprint density at radius 3 is 2.38 bits per heavy atom. The Balaban J connectivity index is 1.76. The molecule has 1 heterocycles. The Bertz CT molecular complexity index is 1000. The first-order valence-electron chi connectivity index (χ1n) is 11.6. The molecule has 2 amide bonds. The van der Waals surface area contributed by atoms with Gasteiger partial charge in [0.1, 0.15) is 6.54 Å². The third kappa shape index (κ3) is 6.66. The lowest BCUT2D eigenvalue weighted by atomic mass is 9.94. The van der Waals surface area contributed by atoms with Gasteiger partial charge in [-0.2, -0.15) is 0 Å². The maximum Gasteiger partial charge on any atom is 0.242 e. The van der Waals surface area contributed by atoms with Crippen LogP contribution in [0, 0.1) is 12.3 Å². The molecule has 3 rings (SSSR count). The number of methoxy groups -OCH3 is 2. The lowest BCUT2D eigenvalue weighted by Crippen LogP contribution is -2.49. The SMILES string of the molecule is COc1ccc(CCN(Cc2ccc(C)s2)C(=O)CN(C(=O)C(C)(C)CCl)C2CC2)cc1OC. The largest absolute Gasteiger partial charge is 0.493 e. The molecule has 1 saturated carbocycles. The Hall–Kier alpha value is -2.25. The summed E-state index contributed by atoms with van der Waals surface area (Å²) in [5.41, 5.74) is 0.357. The van der Waals surface area contributed by atoms with E-state index in [4.69, 9.17) is 21.1 Å². The van der Waals surface area contributed by atoms with Gasteiger partial charge in [0, 0.05) is 28.2 Å². The van der Waals surface area contributed by atoms with Crippen LogP contribution in [0.4, 0.5) is 0 Å². The van der Waals surface area contributed by atoms with Crippen molar-refractivity contribution in [2.75, 3.05) is 33.2 Å². The van der Waals surface area contributed by atoms with Crippen LogP contribution in [0.3, 0.4) is 0 Å². The van der Waals surface area contributed by atoms with Gasteiger partial charge in [0.15, 0.2) is 11.5 Å². The Labute approximate surface area is 211 Å². The fourth-order valence-corrected chi connectivity index (χ4v) is 4.82. The third-order valence-electron chi connectivity index (χ3n) is 6.08. The van der Waals surface area contributed by atoms with Gasteiger partial charge in [0.25, 0.3) is 0 Å². The van der Waals surface area contributed by atoms with Crippen LogP contribution in [0.2, 0.25) is 0 Å². The lowest BCUT2D eigenvalue weighted by Gasteiger charge is -2.32. The molecule has 0 atom stereocenters. The van der Waals surface area contributed by atoms with Crippen LogP contribution >= 0.6 is 22.9 Å². The average Bonchev–Trinajstić information content (AvgIpc) is 3.60. The third-order valence-corrected chi connectivity index (χ3v) is 7.73. The number of alkyl halides is 1. The summed E-state index contributed by atoms with van der Waals surface area (Å²) >= 11 is 7.76. The van der Waals surface area contributed by atoms with Gasteiger partial charge in [-0.15, -0.1) is 22.9 Å². The molecule has 0 N–H and O–H groups in total. The number of benzene rings is 1. The van der Waals surface area contributed by atoms with E-state index in [9.17, 15) is 9.59 Å². The maximum atomic E-state index is 13.5. The van der Waals surface area contributed by atoms with Crippen molar-refractivity contribution in [2.45, 2.75) is 52.6 Å². The molecule has 0 unspecified atom stereocenters. The van der Waals surface area contributed by atoms with E-state index in [2.05, 4.69) is 19.1 Å².